The van der Waals surface area contributed by atoms with Gasteiger partial charge in [-0.05, 0) is 30.5 Å². The largest absolute Gasteiger partial charge is 0.394 e. The van der Waals surface area contributed by atoms with Crippen molar-refractivity contribution in [3.63, 3.8) is 0 Å². The first-order valence-corrected chi connectivity index (χ1v) is 6.73. The normalized spacial score (nSPS) is 19.0. The van der Waals surface area contributed by atoms with Gasteiger partial charge in [-0.15, -0.1) is 0 Å². The number of aliphatic hydroxyl groups excluding tert-OH is 2. The molecule has 2 rings (SSSR count). The van der Waals surface area contributed by atoms with Crippen molar-refractivity contribution < 1.29 is 10.2 Å². The van der Waals surface area contributed by atoms with Crippen LogP contribution < -0.4 is 5.32 Å². The molecule has 0 amide bonds. The number of hydrogen-bond donors (Lipinski definition) is 3. The summed E-state index contributed by atoms with van der Waals surface area (Å²) >= 11 is 0. The highest BCUT2D eigenvalue weighted by Gasteiger charge is 2.32. The summed E-state index contributed by atoms with van der Waals surface area (Å²) in [4.78, 5) is 0. The number of rotatable bonds is 5. The molecule has 1 aromatic rings. The molecule has 0 heterocycles. The maximum Gasteiger partial charge on any atom is 0.0991 e. The molecule has 4 nitrogen and oxygen atoms in total. The minimum Gasteiger partial charge on any atom is -0.394 e. The Morgan fingerprint density at radius 3 is 2.42 bits per heavy atom. The Morgan fingerprint density at radius 1 is 1.26 bits per heavy atom. The highest BCUT2D eigenvalue weighted by Crippen LogP contribution is 2.29. The summed E-state index contributed by atoms with van der Waals surface area (Å²) in [5.74, 6) is 0. The van der Waals surface area contributed by atoms with Gasteiger partial charge in [0, 0.05) is 12.1 Å². The smallest absolute Gasteiger partial charge is 0.0991 e. The fourth-order valence-electron chi connectivity index (χ4n) is 2.65. The summed E-state index contributed by atoms with van der Waals surface area (Å²) in [7, 11) is 0. The molecule has 1 aliphatic carbocycles. The van der Waals surface area contributed by atoms with Gasteiger partial charge in [-0.2, -0.15) is 5.26 Å². The molecule has 1 saturated carbocycles. The van der Waals surface area contributed by atoms with Crippen LogP contribution in [0.5, 0.6) is 0 Å². The van der Waals surface area contributed by atoms with E-state index in [0.29, 0.717) is 12.1 Å². The Morgan fingerprint density at radius 2 is 1.89 bits per heavy atom. The average molecular weight is 260 g/mol. The van der Waals surface area contributed by atoms with Crippen molar-refractivity contribution in [1.29, 1.82) is 5.26 Å². The lowest BCUT2D eigenvalue weighted by molar-refractivity contribution is 0.122. The number of nitriles is 1. The van der Waals surface area contributed by atoms with Gasteiger partial charge in [0.1, 0.15) is 0 Å². The van der Waals surface area contributed by atoms with Crippen LogP contribution in [0.3, 0.4) is 0 Å². The summed E-state index contributed by atoms with van der Waals surface area (Å²) < 4.78 is 0. The quantitative estimate of drug-likeness (QED) is 0.749. The van der Waals surface area contributed by atoms with Crippen molar-refractivity contribution in [2.75, 3.05) is 13.2 Å². The van der Waals surface area contributed by atoms with Gasteiger partial charge >= 0.3 is 0 Å². The van der Waals surface area contributed by atoms with Crippen molar-refractivity contribution in [1.82, 2.24) is 5.32 Å². The zero-order chi connectivity index (χ0) is 13.7. The van der Waals surface area contributed by atoms with E-state index >= 15 is 0 Å². The fraction of sp³-hybridized carbons (Fsp3) is 0.533. The van der Waals surface area contributed by atoms with Gasteiger partial charge in [-0.25, -0.2) is 0 Å². The number of nitrogens with zero attached hydrogens (tertiary/aromatic N) is 1. The lowest BCUT2D eigenvalue weighted by Gasteiger charge is -2.29. The van der Waals surface area contributed by atoms with Gasteiger partial charge in [0.05, 0.1) is 24.3 Å². The third kappa shape index (κ3) is 3.32. The van der Waals surface area contributed by atoms with E-state index in [0.717, 1.165) is 31.2 Å². The summed E-state index contributed by atoms with van der Waals surface area (Å²) in [6, 6.07) is 9.00. The monoisotopic (exact) mass is 260 g/mol. The molecule has 0 radical (unpaired) electrons. The third-order valence-corrected chi connectivity index (χ3v) is 3.96. The molecule has 0 spiro atoms. The van der Waals surface area contributed by atoms with Crippen LogP contribution >= 0.6 is 0 Å². The maximum atomic E-state index is 10.1. The number of hydrogen-bond acceptors (Lipinski definition) is 4. The van der Waals surface area contributed by atoms with Crippen molar-refractivity contribution in [3.8, 4) is 6.07 Å². The Bertz CT molecular complexity index is 444. The molecule has 1 fully saturated rings. The zero-order valence-corrected chi connectivity index (χ0v) is 11.0. The van der Waals surface area contributed by atoms with E-state index in [4.69, 9.17) is 5.26 Å². The molecule has 1 unspecified atom stereocenters. The van der Waals surface area contributed by atoms with Crippen LogP contribution in [0.25, 0.3) is 0 Å². The van der Waals surface area contributed by atoms with Crippen molar-refractivity contribution in [2.45, 2.75) is 37.3 Å². The molecule has 0 aromatic heterocycles. The lowest BCUT2D eigenvalue weighted by atomic mass is 9.98. The zero-order valence-electron chi connectivity index (χ0n) is 11.0. The van der Waals surface area contributed by atoms with E-state index in [2.05, 4.69) is 11.4 Å². The van der Waals surface area contributed by atoms with Gasteiger partial charge in [-0.3, -0.25) is 0 Å². The SMILES string of the molecule is N#Cc1ccc(C(O)CNC2(CO)CCCC2)cc1. The Labute approximate surface area is 113 Å². The predicted octanol–water partition coefficient (Wildman–Crippen LogP) is 1.49. The van der Waals surface area contributed by atoms with Gasteiger partial charge in [0.25, 0.3) is 0 Å². The van der Waals surface area contributed by atoms with Crippen LogP contribution in [-0.2, 0) is 0 Å². The molecule has 3 N–H and O–H groups in total. The van der Waals surface area contributed by atoms with Crippen LogP contribution in [0.4, 0.5) is 0 Å². The molecule has 19 heavy (non-hydrogen) atoms. The van der Waals surface area contributed by atoms with E-state index in [-0.39, 0.29) is 12.1 Å². The van der Waals surface area contributed by atoms with E-state index < -0.39 is 6.10 Å². The minimum atomic E-state index is -0.614. The third-order valence-electron chi connectivity index (χ3n) is 3.96. The van der Waals surface area contributed by atoms with Crippen LogP contribution in [0.2, 0.25) is 0 Å². The number of β-amino-alcohol motifs (C(OH)–C–C–N with tert-alkyl or cyclic N) is 1. The molecule has 0 saturated heterocycles. The van der Waals surface area contributed by atoms with Gasteiger partial charge in [-0.1, -0.05) is 25.0 Å². The Hall–Kier alpha value is -1.41. The second kappa shape index (κ2) is 6.16. The highest BCUT2D eigenvalue weighted by atomic mass is 16.3. The predicted molar refractivity (Wildman–Crippen MR) is 72.4 cm³/mol. The maximum absolute atomic E-state index is 10.1. The standard InChI is InChI=1S/C15H20N2O2/c16-9-12-3-5-13(6-4-12)14(19)10-17-15(11-18)7-1-2-8-15/h3-6,14,17-19H,1-2,7-8,10-11H2. The topological polar surface area (TPSA) is 76.3 Å². The van der Waals surface area contributed by atoms with Gasteiger partial charge < -0.3 is 15.5 Å². The van der Waals surface area contributed by atoms with Crippen molar-refractivity contribution in [2.24, 2.45) is 0 Å². The van der Waals surface area contributed by atoms with Crippen molar-refractivity contribution in [3.05, 3.63) is 35.4 Å². The first kappa shape index (κ1) is 14.0. The molecule has 1 aliphatic rings. The Kier molecular flexibility index (Phi) is 4.54. The van der Waals surface area contributed by atoms with Crippen LogP contribution in [0, 0.1) is 11.3 Å². The molecule has 102 valence electrons. The molecule has 0 bridgehead atoms. The minimum absolute atomic E-state index is 0.118. The van der Waals surface area contributed by atoms with Crippen molar-refractivity contribution >= 4 is 0 Å². The summed E-state index contributed by atoms with van der Waals surface area (Å²) in [6.07, 6.45) is 3.56. The first-order chi connectivity index (χ1) is 9.19. The second-order valence-corrected chi connectivity index (χ2v) is 5.28. The number of nitrogens with one attached hydrogen (secondary N) is 1. The molecule has 1 atom stereocenters. The average Bonchev–Trinajstić information content (AvgIpc) is 2.94. The van der Waals surface area contributed by atoms with Gasteiger partial charge in [0.15, 0.2) is 0 Å². The molecule has 0 aliphatic heterocycles. The highest BCUT2D eigenvalue weighted by molar-refractivity contribution is 5.32. The molecule has 1 aromatic carbocycles. The van der Waals surface area contributed by atoms with E-state index in [1.165, 1.54) is 0 Å². The summed E-state index contributed by atoms with van der Waals surface area (Å²) in [5.41, 5.74) is 1.16. The van der Waals surface area contributed by atoms with E-state index in [9.17, 15) is 10.2 Å². The van der Waals surface area contributed by atoms with Gasteiger partial charge in [0.2, 0.25) is 0 Å². The first-order valence-electron chi connectivity index (χ1n) is 6.73. The second-order valence-electron chi connectivity index (χ2n) is 5.28. The van der Waals surface area contributed by atoms with Crippen LogP contribution in [0.1, 0.15) is 42.9 Å². The molecular weight excluding hydrogens is 240 g/mol. The van der Waals surface area contributed by atoms with Crippen LogP contribution in [0.15, 0.2) is 24.3 Å². The summed E-state index contributed by atoms with van der Waals surface area (Å²) in [5, 5.41) is 31.6. The fourth-order valence-corrected chi connectivity index (χ4v) is 2.65. The molecule has 4 heteroatoms. The summed E-state index contributed by atoms with van der Waals surface area (Å²) in [6.45, 7) is 0.541. The number of aliphatic hydroxyl groups is 2. The lowest BCUT2D eigenvalue weighted by Crippen LogP contribution is -2.47. The Balaban J connectivity index is 1.93. The van der Waals surface area contributed by atoms with E-state index in [1.807, 2.05) is 0 Å². The molecular formula is C15H20N2O2. The van der Waals surface area contributed by atoms with E-state index in [1.54, 1.807) is 24.3 Å². The number of benzene rings is 1. The van der Waals surface area contributed by atoms with Crippen LogP contribution in [-0.4, -0.2) is 28.9 Å².